The zero-order valence-corrected chi connectivity index (χ0v) is 55.7. The van der Waals surface area contributed by atoms with Crippen LogP contribution in [-0.2, 0) is 0 Å². The number of hydrogen-bond donors (Lipinski definition) is 0. The Hall–Kier alpha value is -13.9. The smallest absolute Gasteiger partial charge is 0.235 e. The molecule has 0 unspecified atom stereocenters. The van der Waals surface area contributed by atoms with Crippen LogP contribution in [0, 0.1) is 0 Å². The molecule has 0 aliphatic rings. The lowest BCUT2D eigenvalue weighted by molar-refractivity contribution is 1.01. The van der Waals surface area contributed by atoms with Gasteiger partial charge in [0.05, 0.1) is 66.4 Å². The van der Waals surface area contributed by atoms with Crippen molar-refractivity contribution in [2.24, 2.45) is 0 Å². The third-order valence-corrected chi connectivity index (χ3v) is 21.7. The van der Waals surface area contributed by atoms with Crippen LogP contribution in [0.2, 0.25) is 0 Å². The molecule has 103 heavy (non-hydrogen) atoms. The summed E-state index contributed by atoms with van der Waals surface area (Å²) in [7, 11) is 0. The third kappa shape index (κ3) is 8.70. The number of aromatic nitrogens is 7. The van der Waals surface area contributed by atoms with E-state index in [1.807, 2.05) is 0 Å². The maximum Gasteiger partial charge on any atom is 0.235 e. The molecule has 22 aromatic rings. The van der Waals surface area contributed by atoms with Crippen LogP contribution in [0.5, 0.6) is 0 Å². The molecule has 22 rings (SSSR count). The molecular weight excluding hydrogens is 1250 g/mol. The van der Waals surface area contributed by atoms with Crippen LogP contribution < -0.4 is 0 Å². The molecule has 0 spiro atoms. The lowest BCUT2D eigenvalue weighted by atomic mass is 9.98. The molecule has 7 heteroatoms. The molecule has 0 saturated heterocycles. The highest BCUT2D eigenvalue weighted by Gasteiger charge is 2.24. The number of rotatable bonds is 9. The summed E-state index contributed by atoms with van der Waals surface area (Å²) in [5.41, 5.74) is 25.4. The maximum absolute atomic E-state index is 5.87. The summed E-state index contributed by atoms with van der Waals surface area (Å²) in [6, 6.07) is 131. The highest BCUT2D eigenvalue weighted by Crippen LogP contribution is 2.45. The first-order valence-corrected chi connectivity index (χ1v) is 35.3. The molecule has 0 radical (unpaired) electrons. The third-order valence-electron chi connectivity index (χ3n) is 21.7. The SMILES string of the molecule is c1ccc(-n2c3ccccc3c3cc(-c4ccc5c(c4)c4cc(-c6ccc7c(c6)c6ccccc6n7-c6ccccc6)ccc4n5-c4nc(-c5cccc(-n6c7ccccc7c7ccc(-c8ccc9c(c8)c8ccccc8n9-c8ccccc8)cc76)c5)c5ccc6ccccc6c5n4)ccc32)cc1. The van der Waals surface area contributed by atoms with Gasteiger partial charge in [-0.3, -0.25) is 4.57 Å². The van der Waals surface area contributed by atoms with Gasteiger partial charge in [-0.1, -0.05) is 212 Å². The Morgan fingerprint density at radius 2 is 0.485 bits per heavy atom. The van der Waals surface area contributed by atoms with Gasteiger partial charge in [-0.2, -0.15) is 0 Å². The van der Waals surface area contributed by atoms with Crippen LogP contribution in [0.25, 0.3) is 204 Å². The van der Waals surface area contributed by atoms with Gasteiger partial charge < -0.3 is 18.3 Å². The van der Waals surface area contributed by atoms with Crippen molar-refractivity contribution in [3.63, 3.8) is 0 Å². The summed E-state index contributed by atoms with van der Waals surface area (Å²) < 4.78 is 11.9. The van der Waals surface area contributed by atoms with Crippen molar-refractivity contribution in [2.45, 2.75) is 0 Å². The second-order valence-corrected chi connectivity index (χ2v) is 27.2. The number of nitrogens with zero attached hydrogens (tertiary/aromatic N) is 7. The van der Waals surface area contributed by atoms with Crippen LogP contribution in [0.3, 0.4) is 0 Å². The van der Waals surface area contributed by atoms with Crippen LogP contribution in [-0.4, -0.2) is 32.8 Å². The van der Waals surface area contributed by atoms with Gasteiger partial charge in [0.2, 0.25) is 5.95 Å². The monoisotopic (exact) mass is 1310 g/mol. The molecule has 0 fully saturated rings. The van der Waals surface area contributed by atoms with Gasteiger partial charge >= 0.3 is 0 Å². The lowest BCUT2D eigenvalue weighted by Crippen LogP contribution is -2.04. The van der Waals surface area contributed by atoms with Crippen molar-refractivity contribution in [2.75, 3.05) is 0 Å². The van der Waals surface area contributed by atoms with E-state index in [9.17, 15) is 0 Å². The summed E-state index contributed by atoms with van der Waals surface area (Å²) in [6.45, 7) is 0. The fourth-order valence-corrected chi connectivity index (χ4v) is 17.0. The van der Waals surface area contributed by atoms with E-state index in [1.54, 1.807) is 0 Å². The molecule has 0 N–H and O–H groups in total. The Morgan fingerprint density at radius 3 is 0.942 bits per heavy atom. The highest BCUT2D eigenvalue weighted by molar-refractivity contribution is 6.17. The van der Waals surface area contributed by atoms with Crippen molar-refractivity contribution < 1.29 is 0 Å². The van der Waals surface area contributed by atoms with Crippen molar-refractivity contribution >= 4 is 131 Å². The normalized spacial score (nSPS) is 12.1. The van der Waals surface area contributed by atoms with E-state index in [-0.39, 0.29) is 0 Å². The van der Waals surface area contributed by atoms with E-state index < -0.39 is 0 Å². The molecule has 0 aliphatic carbocycles. The minimum absolute atomic E-state index is 0.598. The zero-order valence-electron chi connectivity index (χ0n) is 55.7. The predicted molar refractivity (Wildman–Crippen MR) is 430 cm³/mol. The topological polar surface area (TPSA) is 50.4 Å². The van der Waals surface area contributed by atoms with E-state index in [4.69, 9.17) is 9.97 Å². The first-order valence-electron chi connectivity index (χ1n) is 35.3. The molecule has 6 heterocycles. The van der Waals surface area contributed by atoms with Crippen molar-refractivity contribution in [3.8, 4) is 73.3 Å². The van der Waals surface area contributed by atoms with E-state index in [1.165, 1.54) is 76.2 Å². The minimum Gasteiger partial charge on any atom is -0.309 e. The summed E-state index contributed by atoms with van der Waals surface area (Å²) in [6.07, 6.45) is 0. The molecule has 0 bridgehead atoms. The Morgan fingerprint density at radius 1 is 0.165 bits per heavy atom. The van der Waals surface area contributed by atoms with Gasteiger partial charge in [0, 0.05) is 92.9 Å². The quantitative estimate of drug-likeness (QED) is 0.135. The molecule has 16 aromatic carbocycles. The first-order chi connectivity index (χ1) is 51.1. The standard InChI is InChI=1S/C96H59N7/c1-4-23-68(24-5-1)99-85-36-17-13-32-74(85)79-54-61(41-48-88(79)99)63-44-51-91-82(57-63)83-58-64(62-42-49-89-80(55-62)75-33-14-18-37-86(75)100(89)69-25-6-2-7-26-69)45-52-92(83)103(91)96-97-94(78-47-39-60-21-10-11-30-72(60)95(78)98-96)67-22-20-29-71(53-67)102-84-35-16-12-31-73(84)77-46-40-66(59-93(77)102)65-43-50-90-81(56-65)76-34-15-19-38-87(76)101(90)70-27-8-3-9-28-70/h1-59H. The number of fused-ring (bicyclic) bond motifs is 18. The average molecular weight is 1310 g/mol. The average Bonchev–Trinajstić information content (AvgIpc) is 1.68. The fraction of sp³-hybridized carbons (Fsp3) is 0. The Labute approximate surface area is 591 Å². The summed E-state index contributed by atoms with van der Waals surface area (Å²) in [5, 5.41) is 15.1. The molecule has 7 nitrogen and oxygen atoms in total. The molecule has 0 amide bonds. The molecule has 0 atom stereocenters. The predicted octanol–water partition coefficient (Wildman–Crippen LogP) is 24.9. The van der Waals surface area contributed by atoms with E-state index in [0.29, 0.717) is 5.95 Å². The van der Waals surface area contributed by atoms with Gasteiger partial charge in [-0.05, 0) is 184 Å². The van der Waals surface area contributed by atoms with Crippen molar-refractivity contribution in [1.82, 2.24) is 32.8 Å². The molecule has 6 aromatic heterocycles. The molecule has 478 valence electrons. The van der Waals surface area contributed by atoms with E-state index in [2.05, 4.69) is 381 Å². The van der Waals surface area contributed by atoms with Crippen molar-refractivity contribution in [3.05, 3.63) is 358 Å². The van der Waals surface area contributed by atoms with Gasteiger partial charge in [0.15, 0.2) is 0 Å². The number of para-hydroxylation sites is 7. The fourth-order valence-electron chi connectivity index (χ4n) is 17.0. The van der Waals surface area contributed by atoms with Gasteiger partial charge in [0.1, 0.15) is 0 Å². The van der Waals surface area contributed by atoms with Gasteiger partial charge in [-0.15, -0.1) is 0 Å². The van der Waals surface area contributed by atoms with E-state index >= 15 is 0 Å². The Balaban J connectivity index is 0.737. The first kappa shape index (κ1) is 57.1. The second-order valence-electron chi connectivity index (χ2n) is 27.2. The van der Waals surface area contributed by atoms with Crippen LogP contribution in [0.4, 0.5) is 0 Å². The number of hydrogen-bond acceptors (Lipinski definition) is 2. The summed E-state index contributed by atoms with van der Waals surface area (Å²) >= 11 is 0. The highest BCUT2D eigenvalue weighted by atomic mass is 15.2. The Bertz CT molecular complexity index is 7080. The Kier molecular flexibility index (Phi) is 12.4. The van der Waals surface area contributed by atoms with Crippen LogP contribution in [0.1, 0.15) is 0 Å². The molecule has 0 saturated carbocycles. The van der Waals surface area contributed by atoms with E-state index in [0.717, 1.165) is 122 Å². The number of benzene rings is 16. The summed E-state index contributed by atoms with van der Waals surface area (Å²) in [4.78, 5) is 11.6. The molecular formula is C96H59N7. The maximum atomic E-state index is 5.87. The second kappa shape index (κ2) is 22.3. The van der Waals surface area contributed by atoms with Gasteiger partial charge in [0.25, 0.3) is 0 Å². The van der Waals surface area contributed by atoms with Crippen LogP contribution in [0.15, 0.2) is 358 Å². The van der Waals surface area contributed by atoms with Crippen molar-refractivity contribution in [1.29, 1.82) is 0 Å². The lowest BCUT2D eigenvalue weighted by Gasteiger charge is -2.15. The molecule has 0 aliphatic heterocycles. The zero-order chi connectivity index (χ0) is 67.4. The minimum atomic E-state index is 0.598. The summed E-state index contributed by atoms with van der Waals surface area (Å²) in [5.74, 6) is 0.598. The largest absolute Gasteiger partial charge is 0.309 e. The van der Waals surface area contributed by atoms with Crippen LogP contribution >= 0.6 is 0 Å². The van der Waals surface area contributed by atoms with Gasteiger partial charge in [-0.25, -0.2) is 9.97 Å².